The molecule has 0 saturated heterocycles. The van der Waals surface area contributed by atoms with Gasteiger partial charge in [-0.1, -0.05) is 13.8 Å². The standard InChI is InChI=1S/C12H20N2OS/c1-9(2)10(8-16)7-13-5-6-14(12(13)15)11-3-4-11/h5-6,9-11,16H,3-4,7-8H2,1-2H3. The minimum Gasteiger partial charge on any atom is -0.299 e. The van der Waals surface area contributed by atoms with E-state index in [-0.39, 0.29) is 5.69 Å². The summed E-state index contributed by atoms with van der Waals surface area (Å²) in [5.74, 6) is 1.86. The first-order valence-electron chi connectivity index (χ1n) is 6.01. The molecule has 1 atom stereocenters. The second-order valence-electron chi connectivity index (χ2n) is 5.06. The fourth-order valence-electron chi connectivity index (χ4n) is 1.93. The van der Waals surface area contributed by atoms with Crippen LogP contribution in [0.4, 0.5) is 0 Å². The van der Waals surface area contributed by atoms with Crippen molar-refractivity contribution in [2.45, 2.75) is 39.3 Å². The Morgan fingerprint density at radius 2 is 2.12 bits per heavy atom. The molecular formula is C12H20N2OS. The van der Waals surface area contributed by atoms with Gasteiger partial charge in [-0.2, -0.15) is 12.6 Å². The topological polar surface area (TPSA) is 26.9 Å². The molecule has 1 fully saturated rings. The van der Waals surface area contributed by atoms with Gasteiger partial charge in [-0.15, -0.1) is 0 Å². The Morgan fingerprint density at radius 3 is 2.62 bits per heavy atom. The molecule has 1 unspecified atom stereocenters. The Labute approximate surface area is 102 Å². The van der Waals surface area contributed by atoms with Crippen molar-refractivity contribution in [1.82, 2.24) is 9.13 Å². The number of nitrogens with zero attached hydrogens (tertiary/aromatic N) is 2. The summed E-state index contributed by atoms with van der Waals surface area (Å²) in [6, 6.07) is 0.474. The van der Waals surface area contributed by atoms with E-state index in [2.05, 4.69) is 26.5 Å². The van der Waals surface area contributed by atoms with E-state index in [9.17, 15) is 4.79 Å². The van der Waals surface area contributed by atoms with E-state index in [4.69, 9.17) is 0 Å². The number of rotatable bonds is 5. The zero-order chi connectivity index (χ0) is 11.7. The van der Waals surface area contributed by atoms with E-state index < -0.39 is 0 Å². The van der Waals surface area contributed by atoms with E-state index >= 15 is 0 Å². The monoisotopic (exact) mass is 240 g/mol. The summed E-state index contributed by atoms with van der Waals surface area (Å²) in [4.78, 5) is 12.0. The van der Waals surface area contributed by atoms with Crippen molar-refractivity contribution >= 4 is 12.6 Å². The maximum absolute atomic E-state index is 12.0. The second kappa shape index (κ2) is 4.70. The summed E-state index contributed by atoms with van der Waals surface area (Å²) in [5, 5.41) is 0. The average Bonchev–Trinajstić information content (AvgIpc) is 3.01. The summed E-state index contributed by atoms with van der Waals surface area (Å²) in [7, 11) is 0. The third-order valence-electron chi connectivity index (χ3n) is 3.42. The van der Waals surface area contributed by atoms with Gasteiger partial charge in [0.2, 0.25) is 0 Å². The molecule has 0 N–H and O–H groups in total. The van der Waals surface area contributed by atoms with Gasteiger partial charge < -0.3 is 0 Å². The predicted octanol–water partition coefficient (Wildman–Crippen LogP) is 2.19. The molecule has 1 heterocycles. The van der Waals surface area contributed by atoms with E-state index in [1.165, 1.54) is 0 Å². The molecule has 0 amide bonds. The van der Waals surface area contributed by atoms with Crippen LogP contribution in [-0.4, -0.2) is 14.9 Å². The van der Waals surface area contributed by atoms with Crippen molar-refractivity contribution in [2.24, 2.45) is 11.8 Å². The van der Waals surface area contributed by atoms with Crippen molar-refractivity contribution < 1.29 is 0 Å². The molecule has 0 spiro atoms. The molecule has 90 valence electrons. The lowest BCUT2D eigenvalue weighted by Crippen LogP contribution is -2.28. The third-order valence-corrected chi connectivity index (χ3v) is 3.89. The van der Waals surface area contributed by atoms with Gasteiger partial charge in [0.25, 0.3) is 0 Å². The van der Waals surface area contributed by atoms with Gasteiger partial charge >= 0.3 is 5.69 Å². The van der Waals surface area contributed by atoms with Gasteiger partial charge in [-0.25, -0.2) is 4.79 Å². The van der Waals surface area contributed by atoms with Crippen LogP contribution in [0.25, 0.3) is 0 Å². The van der Waals surface area contributed by atoms with Crippen LogP contribution in [0.15, 0.2) is 17.2 Å². The molecule has 0 bridgehead atoms. The molecule has 16 heavy (non-hydrogen) atoms. The summed E-state index contributed by atoms with van der Waals surface area (Å²) < 4.78 is 3.70. The molecule has 0 radical (unpaired) electrons. The summed E-state index contributed by atoms with van der Waals surface area (Å²) >= 11 is 4.36. The van der Waals surface area contributed by atoms with Crippen molar-refractivity contribution in [2.75, 3.05) is 5.75 Å². The number of hydrogen-bond acceptors (Lipinski definition) is 2. The van der Waals surface area contributed by atoms with Gasteiger partial charge in [0.1, 0.15) is 0 Å². The number of hydrogen-bond donors (Lipinski definition) is 1. The van der Waals surface area contributed by atoms with Gasteiger partial charge in [0, 0.05) is 25.0 Å². The van der Waals surface area contributed by atoms with E-state index in [0.29, 0.717) is 17.9 Å². The third kappa shape index (κ3) is 2.37. The maximum Gasteiger partial charge on any atom is 0.328 e. The smallest absolute Gasteiger partial charge is 0.299 e. The van der Waals surface area contributed by atoms with E-state index in [0.717, 1.165) is 25.1 Å². The van der Waals surface area contributed by atoms with Crippen LogP contribution in [-0.2, 0) is 6.54 Å². The second-order valence-corrected chi connectivity index (χ2v) is 5.42. The highest BCUT2D eigenvalue weighted by Gasteiger charge is 2.26. The number of aromatic nitrogens is 2. The lowest BCUT2D eigenvalue weighted by Gasteiger charge is -2.18. The van der Waals surface area contributed by atoms with Gasteiger partial charge in [-0.3, -0.25) is 9.13 Å². The fraction of sp³-hybridized carbons (Fsp3) is 0.750. The quantitative estimate of drug-likeness (QED) is 0.785. The molecule has 1 aliphatic rings. The lowest BCUT2D eigenvalue weighted by atomic mass is 9.98. The Kier molecular flexibility index (Phi) is 3.47. The zero-order valence-corrected chi connectivity index (χ0v) is 10.9. The fourth-order valence-corrected chi connectivity index (χ4v) is 2.47. The van der Waals surface area contributed by atoms with Gasteiger partial charge in [0.15, 0.2) is 0 Å². The largest absolute Gasteiger partial charge is 0.328 e. The average molecular weight is 240 g/mol. The van der Waals surface area contributed by atoms with Crippen LogP contribution < -0.4 is 5.69 Å². The van der Waals surface area contributed by atoms with E-state index in [1.807, 2.05) is 21.5 Å². The van der Waals surface area contributed by atoms with Crippen molar-refractivity contribution in [1.29, 1.82) is 0 Å². The lowest BCUT2D eigenvalue weighted by molar-refractivity contribution is 0.365. The first-order valence-corrected chi connectivity index (χ1v) is 6.65. The molecule has 0 aliphatic heterocycles. The van der Waals surface area contributed by atoms with Crippen molar-refractivity contribution in [3.63, 3.8) is 0 Å². The Hall–Kier alpha value is -0.640. The first kappa shape index (κ1) is 11.8. The SMILES string of the molecule is CC(C)C(CS)Cn1ccn(C2CC2)c1=O. The zero-order valence-electron chi connectivity index (χ0n) is 9.97. The van der Waals surface area contributed by atoms with E-state index in [1.54, 1.807) is 0 Å². The van der Waals surface area contributed by atoms with Gasteiger partial charge in [0.05, 0.1) is 0 Å². The minimum atomic E-state index is 0.148. The van der Waals surface area contributed by atoms with Crippen LogP contribution >= 0.6 is 12.6 Å². The van der Waals surface area contributed by atoms with Crippen molar-refractivity contribution in [3.05, 3.63) is 22.9 Å². The predicted molar refractivity (Wildman–Crippen MR) is 69.1 cm³/mol. The molecule has 3 nitrogen and oxygen atoms in total. The Bertz CT molecular complexity index is 403. The van der Waals surface area contributed by atoms with Crippen LogP contribution in [0, 0.1) is 11.8 Å². The number of imidazole rings is 1. The highest BCUT2D eigenvalue weighted by Crippen LogP contribution is 2.33. The van der Waals surface area contributed by atoms with Crippen LogP contribution in [0.2, 0.25) is 0 Å². The highest BCUT2D eigenvalue weighted by atomic mass is 32.1. The highest BCUT2D eigenvalue weighted by molar-refractivity contribution is 7.80. The summed E-state index contributed by atoms with van der Waals surface area (Å²) in [6.45, 7) is 5.16. The molecule has 2 rings (SSSR count). The molecule has 1 aliphatic carbocycles. The molecule has 1 saturated carbocycles. The molecule has 4 heteroatoms. The van der Waals surface area contributed by atoms with Crippen LogP contribution in [0.5, 0.6) is 0 Å². The molecular weight excluding hydrogens is 220 g/mol. The number of thiol groups is 1. The van der Waals surface area contributed by atoms with Gasteiger partial charge in [-0.05, 0) is 30.4 Å². The van der Waals surface area contributed by atoms with Crippen LogP contribution in [0.3, 0.4) is 0 Å². The van der Waals surface area contributed by atoms with Crippen molar-refractivity contribution in [3.8, 4) is 0 Å². The summed E-state index contributed by atoms with van der Waals surface area (Å²) in [6.07, 6.45) is 6.16. The summed E-state index contributed by atoms with van der Waals surface area (Å²) in [5.41, 5.74) is 0.148. The Balaban J connectivity index is 2.12. The molecule has 0 aromatic carbocycles. The van der Waals surface area contributed by atoms with Crippen LogP contribution in [0.1, 0.15) is 32.7 Å². The molecule has 1 aromatic rings. The normalized spacial score (nSPS) is 18.0. The first-order chi connectivity index (χ1) is 7.63. The maximum atomic E-state index is 12.0. The minimum absolute atomic E-state index is 0.148. The molecule has 1 aromatic heterocycles. The Morgan fingerprint density at radius 1 is 1.44 bits per heavy atom.